The molecule has 6 heteroatoms. The van der Waals surface area contributed by atoms with E-state index in [9.17, 15) is 0 Å². The molecule has 4 rings (SSSR count). The molecular formula is C23H24N6. The van der Waals surface area contributed by atoms with Gasteiger partial charge in [-0.25, -0.2) is 14.6 Å². The Morgan fingerprint density at radius 1 is 0.966 bits per heavy atom. The van der Waals surface area contributed by atoms with Gasteiger partial charge in [-0.2, -0.15) is 5.10 Å². The van der Waals surface area contributed by atoms with Crippen LogP contribution in [0.25, 0.3) is 16.9 Å². The zero-order chi connectivity index (χ0) is 20.2. The molecule has 0 aliphatic heterocycles. The second kappa shape index (κ2) is 8.22. The molecule has 146 valence electrons. The number of rotatable bonds is 6. The summed E-state index contributed by atoms with van der Waals surface area (Å²) in [5, 5.41) is 8.14. The van der Waals surface area contributed by atoms with Crippen LogP contribution in [-0.2, 0) is 6.42 Å². The Balaban J connectivity index is 1.58. The van der Waals surface area contributed by atoms with E-state index in [1.165, 1.54) is 5.56 Å². The topological polar surface area (TPSA) is 68.5 Å². The number of pyridine rings is 1. The van der Waals surface area contributed by atoms with Gasteiger partial charge in [0.1, 0.15) is 0 Å². The number of aryl methyl sites for hydroxylation is 1. The average Bonchev–Trinajstić information content (AvgIpc) is 3.03. The Kier molecular flexibility index (Phi) is 5.33. The van der Waals surface area contributed by atoms with Gasteiger partial charge in [-0.1, -0.05) is 18.2 Å². The third kappa shape index (κ3) is 4.16. The van der Waals surface area contributed by atoms with Crippen LogP contribution < -0.4 is 5.32 Å². The van der Waals surface area contributed by atoms with Gasteiger partial charge in [0.15, 0.2) is 0 Å². The van der Waals surface area contributed by atoms with Crippen LogP contribution in [0.2, 0.25) is 0 Å². The Morgan fingerprint density at radius 2 is 1.72 bits per heavy atom. The van der Waals surface area contributed by atoms with Crippen molar-refractivity contribution in [3.8, 4) is 16.9 Å². The van der Waals surface area contributed by atoms with Crippen LogP contribution in [0.3, 0.4) is 0 Å². The molecule has 3 heterocycles. The van der Waals surface area contributed by atoms with Crippen molar-refractivity contribution in [1.82, 2.24) is 24.7 Å². The number of hydrogen-bond acceptors (Lipinski definition) is 5. The van der Waals surface area contributed by atoms with Crippen LogP contribution in [-0.4, -0.2) is 30.8 Å². The van der Waals surface area contributed by atoms with Gasteiger partial charge in [0.05, 0.1) is 22.8 Å². The van der Waals surface area contributed by atoms with Crippen LogP contribution in [0.4, 0.5) is 5.95 Å². The van der Waals surface area contributed by atoms with E-state index in [0.717, 1.165) is 34.8 Å². The smallest absolute Gasteiger partial charge is 0.223 e. The molecule has 0 saturated heterocycles. The number of para-hydroxylation sites is 1. The molecule has 0 spiro atoms. The predicted octanol–water partition coefficient (Wildman–Crippen LogP) is 4.38. The highest BCUT2D eigenvalue weighted by Crippen LogP contribution is 2.27. The first-order valence-electron chi connectivity index (χ1n) is 9.72. The van der Waals surface area contributed by atoms with Crippen molar-refractivity contribution in [2.24, 2.45) is 0 Å². The molecule has 0 amide bonds. The summed E-state index contributed by atoms with van der Waals surface area (Å²) in [5.74, 6) is 0.621. The van der Waals surface area contributed by atoms with E-state index in [-0.39, 0.29) is 6.04 Å². The number of anilines is 1. The SMILES string of the molecule is Cc1nn(-c2ccccc2)c(C)c1-c1ccnc(N[C@@H](C)Cc2ccncc2)n1. The quantitative estimate of drug-likeness (QED) is 0.534. The lowest BCUT2D eigenvalue weighted by molar-refractivity contribution is 0.776. The van der Waals surface area contributed by atoms with Crippen LogP contribution in [0, 0.1) is 13.8 Å². The molecule has 0 fully saturated rings. The van der Waals surface area contributed by atoms with Crippen molar-refractivity contribution >= 4 is 5.95 Å². The van der Waals surface area contributed by atoms with Crippen molar-refractivity contribution in [2.75, 3.05) is 5.32 Å². The largest absolute Gasteiger partial charge is 0.351 e. The van der Waals surface area contributed by atoms with Gasteiger partial charge in [0, 0.05) is 30.2 Å². The summed E-state index contributed by atoms with van der Waals surface area (Å²) >= 11 is 0. The standard InChI is InChI=1S/C23H24N6/c1-16(15-19-9-12-24-13-10-19)26-23-25-14-11-21(27-23)22-17(2)28-29(18(22)3)20-7-5-4-6-8-20/h4-14,16H,15H2,1-3H3,(H,25,26,27)/t16-/m0/s1. The summed E-state index contributed by atoms with van der Waals surface area (Å²) in [6.45, 7) is 6.22. The van der Waals surface area contributed by atoms with Crippen molar-refractivity contribution < 1.29 is 0 Å². The molecule has 0 unspecified atom stereocenters. The Hall–Kier alpha value is -3.54. The molecule has 3 aromatic heterocycles. The minimum Gasteiger partial charge on any atom is -0.351 e. The van der Waals surface area contributed by atoms with E-state index in [0.29, 0.717) is 5.95 Å². The summed E-state index contributed by atoms with van der Waals surface area (Å²) in [6.07, 6.45) is 6.30. The van der Waals surface area contributed by atoms with Crippen molar-refractivity contribution in [3.63, 3.8) is 0 Å². The molecule has 6 nitrogen and oxygen atoms in total. The van der Waals surface area contributed by atoms with Crippen LogP contribution >= 0.6 is 0 Å². The fourth-order valence-electron chi connectivity index (χ4n) is 3.55. The van der Waals surface area contributed by atoms with Gasteiger partial charge in [-0.05, 0) is 63.1 Å². The lowest BCUT2D eigenvalue weighted by Gasteiger charge is -2.14. The first-order valence-corrected chi connectivity index (χ1v) is 9.72. The van der Waals surface area contributed by atoms with Gasteiger partial charge in [-0.15, -0.1) is 0 Å². The summed E-state index contributed by atoms with van der Waals surface area (Å²) < 4.78 is 1.96. The summed E-state index contributed by atoms with van der Waals surface area (Å²) in [4.78, 5) is 13.2. The van der Waals surface area contributed by atoms with Crippen LogP contribution in [0.5, 0.6) is 0 Å². The maximum absolute atomic E-state index is 4.77. The Bertz CT molecular complexity index is 1090. The van der Waals surface area contributed by atoms with E-state index in [2.05, 4.69) is 41.3 Å². The zero-order valence-electron chi connectivity index (χ0n) is 16.9. The Labute approximate surface area is 170 Å². The molecule has 0 saturated carbocycles. The number of aromatic nitrogens is 5. The fourth-order valence-corrected chi connectivity index (χ4v) is 3.55. The van der Waals surface area contributed by atoms with E-state index >= 15 is 0 Å². The first kappa shape index (κ1) is 18.8. The number of nitrogens with one attached hydrogen (secondary N) is 1. The zero-order valence-corrected chi connectivity index (χ0v) is 16.9. The molecule has 29 heavy (non-hydrogen) atoms. The lowest BCUT2D eigenvalue weighted by atomic mass is 10.1. The maximum atomic E-state index is 4.77. The Morgan fingerprint density at radius 3 is 2.48 bits per heavy atom. The number of benzene rings is 1. The van der Waals surface area contributed by atoms with Gasteiger partial charge < -0.3 is 5.32 Å². The molecule has 0 aliphatic rings. The maximum Gasteiger partial charge on any atom is 0.223 e. The first-order chi connectivity index (χ1) is 14.1. The molecule has 0 bridgehead atoms. The van der Waals surface area contributed by atoms with Crippen molar-refractivity contribution in [3.05, 3.63) is 84.1 Å². The van der Waals surface area contributed by atoms with Gasteiger partial charge in [0.25, 0.3) is 0 Å². The second-order valence-corrected chi connectivity index (χ2v) is 7.16. The third-order valence-electron chi connectivity index (χ3n) is 4.87. The van der Waals surface area contributed by atoms with E-state index in [1.54, 1.807) is 6.20 Å². The molecule has 0 aliphatic carbocycles. The van der Waals surface area contributed by atoms with E-state index in [4.69, 9.17) is 10.1 Å². The predicted molar refractivity (Wildman–Crippen MR) is 115 cm³/mol. The minimum atomic E-state index is 0.196. The average molecular weight is 384 g/mol. The van der Waals surface area contributed by atoms with E-state index < -0.39 is 0 Å². The lowest BCUT2D eigenvalue weighted by Crippen LogP contribution is -2.19. The molecule has 1 aromatic carbocycles. The molecule has 1 atom stereocenters. The van der Waals surface area contributed by atoms with Crippen molar-refractivity contribution in [2.45, 2.75) is 33.2 Å². The normalized spacial score (nSPS) is 12.0. The summed E-state index contributed by atoms with van der Waals surface area (Å²) in [7, 11) is 0. The second-order valence-electron chi connectivity index (χ2n) is 7.16. The monoisotopic (exact) mass is 384 g/mol. The fraction of sp³-hybridized carbons (Fsp3) is 0.217. The molecule has 4 aromatic rings. The summed E-state index contributed by atoms with van der Waals surface area (Å²) in [5.41, 5.74) is 6.19. The minimum absolute atomic E-state index is 0.196. The van der Waals surface area contributed by atoms with Gasteiger partial charge in [-0.3, -0.25) is 4.98 Å². The van der Waals surface area contributed by atoms with Gasteiger partial charge in [0.2, 0.25) is 5.95 Å². The number of nitrogens with zero attached hydrogens (tertiary/aromatic N) is 5. The summed E-state index contributed by atoms with van der Waals surface area (Å²) in [6, 6.07) is 16.3. The third-order valence-corrected chi connectivity index (χ3v) is 4.87. The highest BCUT2D eigenvalue weighted by Gasteiger charge is 2.16. The van der Waals surface area contributed by atoms with Crippen molar-refractivity contribution in [1.29, 1.82) is 0 Å². The molecule has 1 N–H and O–H groups in total. The van der Waals surface area contributed by atoms with E-state index in [1.807, 2.05) is 60.4 Å². The highest BCUT2D eigenvalue weighted by atomic mass is 15.3. The van der Waals surface area contributed by atoms with Gasteiger partial charge >= 0.3 is 0 Å². The molecule has 0 radical (unpaired) electrons. The highest BCUT2D eigenvalue weighted by molar-refractivity contribution is 5.66. The van der Waals surface area contributed by atoms with Crippen LogP contribution in [0.1, 0.15) is 23.9 Å². The van der Waals surface area contributed by atoms with Crippen LogP contribution in [0.15, 0.2) is 67.1 Å². The number of hydrogen-bond donors (Lipinski definition) is 1. The molecular weight excluding hydrogens is 360 g/mol.